The van der Waals surface area contributed by atoms with Crippen molar-refractivity contribution in [3.05, 3.63) is 28.2 Å². The highest BCUT2D eigenvalue weighted by molar-refractivity contribution is 9.10. The van der Waals surface area contributed by atoms with E-state index in [1.165, 1.54) is 0 Å². The first-order valence-corrected chi connectivity index (χ1v) is 5.50. The van der Waals surface area contributed by atoms with Gasteiger partial charge in [-0.3, -0.25) is 0 Å². The molecule has 2 rings (SSSR count). The van der Waals surface area contributed by atoms with Crippen LogP contribution < -0.4 is 10.6 Å². The number of aromatic hydroxyl groups is 1. The van der Waals surface area contributed by atoms with Crippen molar-refractivity contribution in [1.29, 1.82) is 0 Å². The maximum atomic E-state index is 9.84. The molecule has 0 radical (unpaired) electrons. The third-order valence-electron chi connectivity index (χ3n) is 2.43. The van der Waals surface area contributed by atoms with E-state index < -0.39 is 0 Å². The third kappa shape index (κ3) is 1.92. The minimum absolute atomic E-state index is 0.209. The lowest BCUT2D eigenvalue weighted by atomic mass is 10.0. The molecule has 3 nitrogen and oxygen atoms in total. The molecule has 4 heteroatoms. The minimum Gasteiger partial charge on any atom is -0.506 e. The summed E-state index contributed by atoms with van der Waals surface area (Å²) in [7, 11) is 0. The van der Waals surface area contributed by atoms with Gasteiger partial charge in [0.05, 0.1) is 4.47 Å². The molecule has 0 bridgehead atoms. The second-order valence-corrected chi connectivity index (χ2v) is 4.24. The van der Waals surface area contributed by atoms with Gasteiger partial charge in [0.15, 0.2) is 0 Å². The van der Waals surface area contributed by atoms with Gasteiger partial charge in [0, 0.05) is 31.2 Å². The first kappa shape index (κ1) is 9.96. The molecule has 0 saturated carbocycles. The zero-order valence-electron chi connectivity index (χ0n) is 7.76. The van der Waals surface area contributed by atoms with Gasteiger partial charge < -0.3 is 15.7 Å². The molecule has 76 valence electrons. The summed E-state index contributed by atoms with van der Waals surface area (Å²) in [6, 6.07) is 5.94. The van der Waals surface area contributed by atoms with Crippen LogP contribution in [0.4, 0.5) is 0 Å². The van der Waals surface area contributed by atoms with Crippen LogP contribution >= 0.6 is 15.9 Å². The number of hydrogen-bond acceptors (Lipinski definition) is 3. The van der Waals surface area contributed by atoms with Gasteiger partial charge in [-0.15, -0.1) is 0 Å². The molecular weight excluding hydrogens is 244 g/mol. The average molecular weight is 257 g/mol. The van der Waals surface area contributed by atoms with Crippen molar-refractivity contribution in [2.75, 3.05) is 19.6 Å². The van der Waals surface area contributed by atoms with Crippen LogP contribution in [0.15, 0.2) is 22.7 Å². The van der Waals surface area contributed by atoms with E-state index in [-0.39, 0.29) is 6.04 Å². The molecule has 1 aromatic carbocycles. The topological polar surface area (TPSA) is 44.3 Å². The maximum absolute atomic E-state index is 9.84. The Balaban J connectivity index is 2.26. The van der Waals surface area contributed by atoms with Gasteiger partial charge in [-0.25, -0.2) is 0 Å². The van der Waals surface area contributed by atoms with Crippen LogP contribution in [0.25, 0.3) is 0 Å². The van der Waals surface area contributed by atoms with E-state index in [0.717, 1.165) is 29.7 Å². The number of phenols is 1. The smallest absolute Gasteiger partial charge is 0.134 e. The standard InChI is InChI=1S/C10H13BrN2O/c11-8-3-1-2-7(10(8)14)9-6-12-4-5-13-9/h1-3,9,12-14H,4-6H2/t9-/m0/s1. The highest BCUT2D eigenvalue weighted by atomic mass is 79.9. The van der Waals surface area contributed by atoms with Crippen LogP contribution in [0.2, 0.25) is 0 Å². The quantitative estimate of drug-likeness (QED) is 0.712. The lowest BCUT2D eigenvalue weighted by Crippen LogP contribution is -2.42. The summed E-state index contributed by atoms with van der Waals surface area (Å²) in [6.45, 7) is 2.80. The first-order chi connectivity index (χ1) is 6.79. The molecular formula is C10H13BrN2O. The van der Waals surface area contributed by atoms with E-state index >= 15 is 0 Å². The molecule has 0 amide bonds. The number of nitrogens with one attached hydrogen (secondary N) is 2. The van der Waals surface area contributed by atoms with Crippen LogP contribution in [0.3, 0.4) is 0 Å². The van der Waals surface area contributed by atoms with Crippen molar-refractivity contribution in [3.8, 4) is 5.75 Å². The van der Waals surface area contributed by atoms with Gasteiger partial charge in [0.1, 0.15) is 5.75 Å². The Labute approximate surface area is 91.6 Å². The van der Waals surface area contributed by atoms with Crippen LogP contribution in [0.5, 0.6) is 5.75 Å². The molecule has 0 aromatic heterocycles. The molecule has 14 heavy (non-hydrogen) atoms. The average Bonchev–Trinajstić information content (AvgIpc) is 2.23. The number of halogens is 1. The summed E-state index contributed by atoms with van der Waals surface area (Å²) in [5.41, 5.74) is 0.951. The highest BCUT2D eigenvalue weighted by Gasteiger charge is 2.18. The summed E-state index contributed by atoms with van der Waals surface area (Å²) < 4.78 is 0.752. The predicted molar refractivity (Wildman–Crippen MR) is 59.4 cm³/mol. The zero-order chi connectivity index (χ0) is 9.97. The molecule has 0 aliphatic carbocycles. The Hall–Kier alpha value is -0.580. The molecule has 1 saturated heterocycles. The molecule has 1 heterocycles. The number of benzene rings is 1. The van der Waals surface area contributed by atoms with E-state index in [4.69, 9.17) is 0 Å². The number of rotatable bonds is 1. The molecule has 1 aliphatic heterocycles. The fourth-order valence-electron chi connectivity index (χ4n) is 1.69. The van der Waals surface area contributed by atoms with Gasteiger partial charge in [-0.2, -0.15) is 0 Å². The van der Waals surface area contributed by atoms with Gasteiger partial charge in [0.2, 0.25) is 0 Å². The van der Waals surface area contributed by atoms with E-state index in [1.54, 1.807) is 0 Å². The number of para-hydroxylation sites is 1. The van der Waals surface area contributed by atoms with Gasteiger partial charge >= 0.3 is 0 Å². The van der Waals surface area contributed by atoms with Crippen molar-refractivity contribution in [2.24, 2.45) is 0 Å². The van der Waals surface area contributed by atoms with Crippen LogP contribution in [-0.4, -0.2) is 24.7 Å². The van der Waals surface area contributed by atoms with Crippen LogP contribution in [0, 0.1) is 0 Å². The summed E-state index contributed by atoms with van der Waals surface area (Å²) in [5.74, 6) is 0.341. The third-order valence-corrected chi connectivity index (χ3v) is 3.07. The maximum Gasteiger partial charge on any atom is 0.134 e. The fourth-order valence-corrected chi connectivity index (χ4v) is 2.07. The molecule has 3 N–H and O–H groups in total. The highest BCUT2D eigenvalue weighted by Crippen LogP contribution is 2.31. The normalized spacial score (nSPS) is 22.2. The predicted octanol–water partition coefficient (Wildman–Crippen LogP) is 1.39. The Morgan fingerprint density at radius 3 is 2.93 bits per heavy atom. The Morgan fingerprint density at radius 2 is 2.21 bits per heavy atom. The Morgan fingerprint density at radius 1 is 1.36 bits per heavy atom. The van der Waals surface area contributed by atoms with Gasteiger partial charge in [0.25, 0.3) is 0 Å². The van der Waals surface area contributed by atoms with E-state index in [9.17, 15) is 5.11 Å². The van der Waals surface area contributed by atoms with Gasteiger partial charge in [-0.1, -0.05) is 12.1 Å². The molecule has 0 spiro atoms. The van der Waals surface area contributed by atoms with E-state index in [2.05, 4.69) is 26.6 Å². The summed E-state index contributed by atoms with van der Waals surface area (Å²) in [4.78, 5) is 0. The van der Waals surface area contributed by atoms with Crippen LogP contribution in [-0.2, 0) is 0 Å². The molecule has 1 atom stereocenters. The Bertz CT molecular complexity index is 324. The molecule has 1 aromatic rings. The number of hydrogen-bond donors (Lipinski definition) is 3. The van der Waals surface area contributed by atoms with Crippen molar-refractivity contribution in [1.82, 2.24) is 10.6 Å². The summed E-state index contributed by atoms with van der Waals surface area (Å²) in [5, 5.41) is 16.5. The van der Waals surface area contributed by atoms with Crippen molar-refractivity contribution < 1.29 is 5.11 Å². The number of piperazine rings is 1. The first-order valence-electron chi connectivity index (χ1n) is 4.70. The largest absolute Gasteiger partial charge is 0.506 e. The van der Waals surface area contributed by atoms with E-state index in [0.29, 0.717) is 5.75 Å². The second kappa shape index (κ2) is 4.29. The second-order valence-electron chi connectivity index (χ2n) is 3.39. The molecule has 0 unspecified atom stereocenters. The van der Waals surface area contributed by atoms with Crippen molar-refractivity contribution in [2.45, 2.75) is 6.04 Å². The summed E-state index contributed by atoms with van der Waals surface area (Å²) >= 11 is 3.31. The van der Waals surface area contributed by atoms with Crippen LogP contribution in [0.1, 0.15) is 11.6 Å². The zero-order valence-corrected chi connectivity index (χ0v) is 9.34. The SMILES string of the molecule is Oc1c(Br)cccc1[C@@H]1CNCCN1. The van der Waals surface area contributed by atoms with Crippen molar-refractivity contribution in [3.63, 3.8) is 0 Å². The monoisotopic (exact) mass is 256 g/mol. The molecule has 1 fully saturated rings. The Kier molecular flexibility index (Phi) is 3.05. The van der Waals surface area contributed by atoms with Gasteiger partial charge in [-0.05, 0) is 22.0 Å². The lowest BCUT2D eigenvalue weighted by Gasteiger charge is -2.25. The van der Waals surface area contributed by atoms with E-state index in [1.807, 2.05) is 18.2 Å². The summed E-state index contributed by atoms with van der Waals surface area (Å²) in [6.07, 6.45) is 0. The lowest BCUT2D eigenvalue weighted by molar-refractivity contribution is 0.403. The van der Waals surface area contributed by atoms with Crippen molar-refractivity contribution >= 4 is 15.9 Å². The fraction of sp³-hybridized carbons (Fsp3) is 0.400. The molecule has 1 aliphatic rings. The number of phenolic OH excluding ortho intramolecular Hbond substituents is 1. The minimum atomic E-state index is 0.209.